The van der Waals surface area contributed by atoms with Crippen LogP contribution in [0.3, 0.4) is 0 Å². The fourth-order valence-electron chi connectivity index (χ4n) is 4.02. The normalized spacial score (nSPS) is 29.5. The molecule has 2 bridgehead atoms. The molecule has 1 aromatic rings. The smallest absolute Gasteiger partial charge is 0.465 e. The number of amides is 1. The summed E-state index contributed by atoms with van der Waals surface area (Å²) >= 11 is 0. The number of likely N-dealkylation sites (tertiary alicyclic amines) is 1. The van der Waals surface area contributed by atoms with Crippen LogP contribution in [0.1, 0.15) is 34.1 Å². The summed E-state index contributed by atoms with van der Waals surface area (Å²) in [4.78, 5) is 15.1. The Morgan fingerprint density at radius 2 is 1.68 bits per heavy atom. The maximum atomic E-state index is 11.2. The number of piperazine rings is 1. The molecule has 3 saturated heterocycles. The number of anilines is 1. The summed E-state index contributed by atoms with van der Waals surface area (Å²) in [5, 5.41) is 9.21. The lowest BCUT2D eigenvalue weighted by Crippen LogP contribution is -2.48. The molecule has 2 atom stereocenters. The van der Waals surface area contributed by atoms with E-state index in [-0.39, 0.29) is 30.4 Å². The first kappa shape index (κ1) is 16.7. The van der Waals surface area contributed by atoms with Crippen LogP contribution in [0.4, 0.5) is 10.5 Å². The van der Waals surface area contributed by atoms with E-state index in [1.807, 2.05) is 0 Å². The number of hydrogen-bond acceptors (Lipinski definition) is 4. The monoisotopic (exact) mass is 344 g/mol. The molecule has 6 nitrogen and oxygen atoms in total. The SMILES string of the molecule is CC1(C)OB(c2ccc(N3C[C@H]4C[C@@H]3CN4C(=O)O)cc2)OC1(C)C. The number of rotatable bonds is 2. The van der Waals surface area contributed by atoms with E-state index in [1.54, 1.807) is 4.90 Å². The van der Waals surface area contributed by atoms with Crippen LogP contribution in [0, 0.1) is 0 Å². The van der Waals surface area contributed by atoms with Gasteiger partial charge in [0.05, 0.1) is 17.2 Å². The van der Waals surface area contributed by atoms with E-state index in [2.05, 4.69) is 56.9 Å². The molecule has 1 aromatic carbocycles. The Labute approximate surface area is 148 Å². The molecular formula is C18H25BN2O4. The van der Waals surface area contributed by atoms with Crippen molar-refractivity contribution in [2.75, 3.05) is 18.0 Å². The number of hydrogen-bond donors (Lipinski definition) is 1. The number of nitrogens with zero attached hydrogens (tertiary/aromatic N) is 2. The second kappa shape index (κ2) is 5.38. The van der Waals surface area contributed by atoms with E-state index < -0.39 is 6.09 Å². The summed E-state index contributed by atoms with van der Waals surface area (Å²) < 4.78 is 12.2. The quantitative estimate of drug-likeness (QED) is 0.831. The maximum absolute atomic E-state index is 11.2. The van der Waals surface area contributed by atoms with Gasteiger partial charge in [-0.15, -0.1) is 0 Å². The lowest BCUT2D eigenvalue weighted by atomic mass is 9.79. The molecule has 1 N–H and O–H groups in total. The molecule has 3 fully saturated rings. The van der Waals surface area contributed by atoms with Crippen molar-refractivity contribution < 1.29 is 19.2 Å². The Balaban J connectivity index is 1.47. The number of fused-ring (bicyclic) bond motifs is 2. The van der Waals surface area contributed by atoms with Gasteiger partial charge in [-0.05, 0) is 51.7 Å². The summed E-state index contributed by atoms with van der Waals surface area (Å²) in [6.07, 6.45) is 0.119. The minimum atomic E-state index is -0.803. The second-order valence-corrected chi connectivity index (χ2v) is 8.31. The third kappa shape index (κ3) is 2.61. The highest BCUT2D eigenvalue weighted by atomic mass is 16.7. The van der Waals surface area contributed by atoms with Crippen LogP contribution in [-0.2, 0) is 9.31 Å². The van der Waals surface area contributed by atoms with Gasteiger partial charge in [-0.3, -0.25) is 0 Å². The van der Waals surface area contributed by atoms with Gasteiger partial charge in [0, 0.05) is 24.8 Å². The molecule has 1 amide bonds. The zero-order chi connectivity index (χ0) is 18.0. The van der Waals surface area contributed by atoms with Crippen LogP contribution in [0.2, 0.25) is 0 Å². The van der Waals surface area contributed by atoms with Crippen molar-refractivity contribution >= 4 is 24.4 Å². The third-order valence-electron chi connectivity index (χ3n) is 6.24. The van der Waals surface area contributed by atoms with E-state index in [0.29, 0.717) is 6.54 Å². The second-order valence-electron chi connectivity index (χ2n) is 8.31. The van der Waals surface area contributed by atoms with E-state index in [4.69, 9.17) is 9.31 Å². The van der Waals surface area contributed by atoms with Gasteiger partial charge >= 0.3 is 13.2 Å². The Morgan fingerprint density at radius 1 is 1.08 bits per heavy atom. The molecule has 7 heteroatoms. The minimum absolute atomic E-state index is 0.116. The molecule has 3 heterocycles. The number of carboxylic acid groups (broad SMARTS) is 1. The third-order valence-corrected chi connectivity index (χ3v) is 6.24. The zero-order valence-corrected chi connectivity index (χ0v) is 15.2. The average molecular weight is 344 g/mol. The minimum Gasteiger partial charge on any atom is -0.465 e. The van der Waals surface area contributed by atoms with E-state index >= 15 is 0 Å². The van der Waals surface area contributed by atoms with Gasteiger partial charge in [-0.25, -0.2) is 4.79 Å². The molecule has 0 spiro atoms. The highest BCUT2D eigenvalue weighted by molar-refractivity contribution is 6.62. The van der Waals surface area contributed by atoms with Crippen molar-refractivity contribution in [3.8, 4) is 0 Å². The highest BCUT2D eigenvalue weighted by Crippen LogP contribution is 2.37. The molecule has 3 aliphatic heterocycles. The van der Waals surface area contributed by atoms with Gasteiger partial charge in [-0.2, -0.15) is 0 Å². The molecular weight excluding hydrogens is 319 g/mol. The number of carbonyl (C=O) groups is 1. The average Bonchev–Trinajstić information content (AvgIpc) is 3.19. The first-order valence-electron chi connectivity index (χ1n) is 8.90. The van der Waals surface area contributed by atoms with Crippen molar-refractivity contribution in [1.82, 2.24) is 4.90 Å². The van der Waals surface area contributed by atoms with Crippen LogP contribution in [-0.4, -0.2) is 59.6 Å². The molecule has 4 rings (SSSR count). The lowest BCUT2D eigenvalue weighted by molar-refractivity contribution is 0.00578. The molecule has 0 aliphatic carbocycles. The van der Waals surface area contributed by atoms with Crippen molar-refractivity contribution in [2.45, 2.75) is 57.4 Å². The Kier molecular flexibility index (Phi) is 3.60. The first-order chi connectivity index (χ1) is 11.7. The predicted octanol–water partition coefficient (Wildman–Crippen LogP) is 1.93. The fraction of sp³-hybridized carbons (Fsp3) is 0.611. The topological polar surface area (TPSA) is 62.2 Å². The van der Waals surface area contributed by atoms with Crippen LogP contribution in [0.5, 0.6) is 0 Å². The van der Waals surface area contributed by atoms with Crippen LogP contribution in [0.25, 0.3) is 0 Å². The van der Waals surface area contributed by atoms with Gasteiger partial charge in [-0.1, -0.05) is 12.1 Å². The van der Waals surface area contributed by atoms with E-state index in [9.17, 15) is 9.90 Å². The van der Waals surface area contributed by atoms with Crippen molar-refractivity contribution in [2.24, 2.45) is 0 Å². The van der Waals surface area contributed by atoms with Gasteiger partial charge in [0.2, 0.25) is 0 Å². The summed E-state index contributed by atoms with van der Waals surface area (Å²) in [6.45, 7) is 9.58. The zero-order valence-electron chi connectivity index (χ0n) is 15.2. The molecule has 0 unspecified atom stereocenters. The van der Waals surface area contributed by atoms with Gasteiger partial charge in [0.25, 0.3) is 0 Å². The molecule has 0 saturated carbocycles. The Bertz CT molecular complexity index is 675. The summed E-state index contributed by atoms with van der Waals surface area (Å²) in [5.41, 5.74) is 1.46. The van der Waals surface area contributed by atoms with E-state index in [1.165, 1.54) is 0 Å². The molecule has 0 aromatic heterocycles. The lowest BCUT2D eigenvalue weighted by Gasteiger charge is -2.34. The summed E-state index contributed by atoms with van der Waals surface area (Å²) in [5.74, 6) is 0. The summed E-state index contributed by atoms with van der Waals surface area (Å²) in [7, 11) is -0.350. The predicted molar refractivity (Wildman–Crippen MR) is 96.4 cm³/mol. The summed E-state index contributed by atoms with van der Waals surface area (Å²) in [6, 6.07) is 8.68. The standard InChI is InChI=1S/C18H25BN2O4/c1-17(2)18(3,4)25-19(24-17)12-5-7-13(8-6-12)20-10-15-9-14(20)11-21(15)16(22)23/h5-8,14-15H,9-11H2,1-4H3,(H,22,23)/t14-,15-/m1/s1. The van der Waals surface area contributed by atoms with Crippen LogP contribution in [0.15, 0.2) is 24.3 Å². The Morgan fingerprint density at radius 3 is 2.16 bits per heavy atom. The van der Waals surface area contributed by atoms with Crippen LogP contribution < -0.4 is 10.4 Å². The largest absolute Gasteiger partial charge is 0.494 e. The maximum Gasteiger partial charge on any atom is 0.494 e. The van der Waals surface area contributed by atoms with Crippen molar-refractivity contribution in [1.29, 1.82) is 0 Å². The van der Waals surface area contributed by atoms with Crippen molar-refractivity contribution in [3.05, 3.63) is 24.3 Å². The van der Waals surface area contributed by atoms with Gasteiger partial charge in [0.15, 0.2) is 0 Å². The molecule has 25 heavy (non-hydrogen) atoms. The highest BCUT2D eigenvalue weighted by Gasteiger charge is 2.51. The first-order valence-corrected chi connectivity index (χ1v) is 8.90. The fourth-order valence-corrected chi connectivity index (χ4v) is 4.02. The van der Waals surface area contributed by atoms with Crippen molar-refractivity contribution in [3.63, 3.8) is 0 Å². The van der Waals surface area contributed by atoms with Gasteiger partial charge < -0.3 is 24.2 Å². The number of benzene rings is 1. The van der Waals surface area contributed by atoms with Gasteiger partial charge in [0.1, 0.15) is 0 Å². The molecule has 134 valence electrons. The Hall–Kier alpha value is -1.73. The molecule has 0 radical (unpaired) electrons. The molecule has 3 aliphatic rings. The van der Waals surface area contributed by atoms with E-state index in [0.717, 1.165) is 24.1 Å². The van der Waals surface area contributed by atoms with Crippen LogP contribution >= 0.6 is 0 Å².